The molecule has 156 valence electrons. The number of methoxy groups -OCH3 is 1. The number of carbonyl (C=O) groups is 2. The molecular weight excluding hydrogens is 421 g/mol. The van der Waals surface area contributed by atoms with Gasteiger partial charge in [0.1, 0.15) is 5.69 Å². The Kier molecular flexibility index (Phi) is 6.21. The van der Waals surface area contributed by atoms with Gasteiger partial charge in [-0.1, -0.05) is 11.6 Å². The highest BCUT2D eigenvalue weighted by atomic mass is 35.5. The first-order valence-corrected chi connectivity index (χ1v) is 8.25. The molecule has 2 rings (SSSR count). The Labute approximate surface area is 166 Å². The Morgan fingerprint density at radius 2 is 1.79 bits per heavy atom. The molecule has 0 aliphatic rings. The number of nitrogens with zero attached hydrogens (tertiary/aromatic N) is 2. The zero-order valence-electron chi connectivity index (χ0n) is 15.2. The number of ether oxygens (including phenoxy) is 2. The topological polar surface area (TPSA) is 96.6 Å². The molecule has 0 aliphatic heterocycles. The Bertz CT molecular complexity index is 1090. The van der Waals surface area contributed by atoms with Crippen molar-refractivity contribution in [3.63, 3.8) is 0 Å². The lowest BCUT2D eigenvalue weighted by Crippen LogP contribution is -2.40. The molecule has 2 aromatic rings. The number of hydrogen-bond donors (Lipinski definition) is 0. The van der Waals surface area contributed by atoms with E-state index in [4.69, 9.17) is 16.3 Å². The van der Waals surface area contributed by atoms with Crippen LogP contribution in [0.2, 0.25) is 5.02 Å². The van der Waals surface area contributed by atoms with Gasteiger partial charge in [0.15, 0.2) is 6.10 Å². The average Bonchev–Trinajstić information content (AvgIpc) is 2.64. The maximum absolute atomic E-state index is 13.0. The van der Waals surface area contributed by atoms with Crippen LogP contribution in [-0.4, -0.2) is 34.3 Å². The van der Waals surface area contributed by atoms with Gasteiger partial charge in [-0.05, 0) is 25.1 Å². The second-order valence-electron chi connectivity index (χ2n) is 5.78. The Morgan fingerprint density at radius 3 is 2.34 bits per heavy atom. The largest absolute Gasteiger partial charge is 0.466 e. The molecule has 0 saturated carbocycles. The number of hydrogen-bond acceptors (Lipinski definition) is 6. The van der Waals surface area contributed by atoms with Gasteiger partial charge in [-0.25, -0.2) is 19.0 Å². The summed E-state index contributed by atoms with van der Waals surface area (Å²) in [5, 5.41) is -0.132. The van der Waals surface area contributed by atoms with Crippen molar-refractivity contribution in [1.82, 2.24) is 9.13 Å². The number of alkyl halides is 3. The first-order chi connectivity index (χ1) is 13.4. The lowest BCUT2D eigenvalue weighted by Gasteiger charge is -2.15. The first kappa shape index (κ1) is 22.2. The van der Waals surface area contributed by atoms with E-state index in [0.29, 0.717) is 4.57 Å². The number of benzene rings is 1. The fraction of sp³-hybridized carbons (Fsp3) is 0.294. The Hall–Kier alpha value is -3.08. The molecule has 12 heteroatoms. The first-order valence-electron chi connectivity index (χ1n) is 7.87. The summed E-state index contributed by atoms with van der Waals surface area (Å²) in [6.45, 7) is 1.25. The fourth-order valence-electron chi connectivity index (χ4n) is 2.38. The van der Waals surface area contributed by atoms with E-state index < -0.39 is 41.2 Å². The number of aromatic nitrogens is 2. The third-order valence-electron chi connectivity index (χ3n) is 3.86. The predicted molar refractivity (Wildman–Crippen MR) is 94.2 cm³/mol. The number of esters is 2. The van der Waals surface area contributed by atoms with Gasteiger partial charge in [0.05, 0.1) is 23.4 Å². The summed E-state index contributed by atoms with van der Waals surface area (Å²) in [6, 6.07) is 3.57. The average molecular weight is 435 g/mol. The van der Waals surface area contributed by atoms with E-state index in [2.05, 4.69) is 4.74 Å². The molecule has 8 nitrogen and oxygen atoms in total. The quantitative estimate of drug-likeness (QED) is 0.682. The number of rotatable bonds is 4. The van der Waals surface area contributed by atoms with Gasteiger partial charge >= 0.3 is 23.8 Å². The van der Waals surface area contributed by atoms with Gasteiger partial charge < -0.3 is 9.47 Å². The van der Waals surface area contributed by atoms with Gasteiger partial charge in [0.25, 0.3) is 5.56 Å². The highest BCUT2D eigenvalue weighted by molar-refractivity contribution is 6.33. The van der Waals surface area contributed by atoms with E-state index >= 15 is 0 Å². The van der Waals surface area contributed by atoms with Crippen molar-refractivity contribution in [3.8, 4) is 5.69 Å². The van der Waals surface area contributed by atoms with Crippen LogP contribution in [0.5, 0.6) is 0 Å². The van der Waals surface area contributed by atoms with Crippen LogP contribution in [0.1, 0.15) is 23.0 Å². The molecular formula is C17H14ClF3N2O6. The maximum Gasteiger partial charge on any atom is 0.431 e. The van der Waals surface area contributed by atoms with Crippen molar-refractivity contribution in [3.05, 3.63) is 61.4 Å². The molecule has 0 spiro atoms. The summed E-state index contributed by atoms with van der Waals surface area (Å²) < 4.78 is 48.9. The van der Waals surface area contributed by atoms with Crippen LogP contribution in [0.25, 0.3) is 5.69 Å². The van der Waals surface area contributed by atoms with Crippen molar-refractivity contribution in [2.75, 3.05) is 7.11 Å². The van der Waals surface area contributed by atoms with Crippen molar-refractivity contribution in [1.29, 1.82) is 0 Å². The normalized spacial score (nSPS) is 12.4. The number of carbonyl (C=O) groups excluding carboxylic acids is 2. The van der Waals surface area contributed by atoms with Crippen LogP contribution in [0.15, 0.2) is 33.9 Å². The summed E-state index contributed by atoms with van der Waals surface area (Å²) >= 11 is 5.93. The van der Waals surface area contributed by atoms with Crippen LogP contribution in [0.4, 0.5) is 13.2 Å². The summed E-state index contributed by atoms with van der Waals surface area (Å²) in [5.41, 5.74) is -4.50. The summed E-state index contributed by atoms with van der Waals surface area (Å²) in [7, 11) is 1.94. The molecule has 1 heterocycles. The SMILES string of the molecule is COC(=O)[C@H](C)OC(=O)c1cc(-n2c(=O)cc(C(F)(F)F)n(C)c2=O)ccc1Cl. The standard InChI is InChI=1S/C17H14ClF3N2O6/c1-8(14(25)28-3)29-15(26)10-6-9(4-5-11(10)18)23-13(24)7-12(17(19,20)21)22(2)16(23)27/h4-8H,1-3H3/t8-/m0/s1. The Balaban J connectivity index is 2.57. The van der Waals surface area contributed by atoms with E-state index in [0.717, 1.165) is 26.3 Å². The predicted octanol–water partition coefficient (Wildman–Crippen LogP) is 1.93. The molecule has 1 aromatic heterocycles. The maximum atomic E-state index is 13.0. The zero-order chi connectivity index (χ0) is 22.1. The van der Waals surface area contributed by atoms with Gasteiger partial charge in [0.2, 0.25) is 0 Å². The van der Waals surface area contributed by atoms with Gasteiger partial charge in [-0.3, -0.25) is 9.36 Å². The molecule has 0 aliphatic carbocycles. The van der Waals surface area contributed by atoms with E-state index in [1.807, 2.05) is 0 Å². The number of halogens is 4. The third kappa shape index (κ3) is 4.50. The van der Waals surface area contributed by atoms with Gasteiger partial charge in [-0.15, -0.1) is 0 Å². The van der Waals surface area contributed by atoms with Crippen molar-refractivity contribution in [2.45, 2.75) is 19.2 Å². The van der Waals surface area contributed by atoms with Crippen LogP contribution >= 0.6 is 11.6 Å². The highest BCUT2D eigenvalue weighted by Gasteiger charge is 2.35. The van der Waals surface area contributed by atoms with Crippen LogP contribution in [-0.2, 0) is 27.5 Å². The molecule has 1 atom stereocenters. The summed E-state index contributed by atoms with van der Waals surface area (Å²) in [4.78, 5) is 48.2. The van der Waals surface area contributed by atoms with Crippen LogP contribution < -0.4 is 11.2 Å². The highest BCUT2D eigenvalue weighted by Crippen LogP contribution is 2.27. The third-order valence-corrected chi connectivity index (χ3v) is 4.19. The van der Waals surface area contributed by atoms with E-state index in [-0.39, 0.29) is 26.9 Å². The minimum atomic E-state index is -4.91. The van der Waals surface area contributed by atoms with E-state index in [1.165, 1.54) is 13.0 Å². The fourth-order valence-corrected chi connectivity index (χ4v) is 2.58. The van der Waals surface area contributed by atoms with Gasteiger partial charge in [-0.2, -0.15) is 13.2 Å². The molecule has 0 amide bonds. The molecule has 0 N–H and O–H groups in total. The second-order valence-corrected chi connectivity index (χ2v) is 6.18. The smallest absolute Gasteiger partial charge is 0.431 e. The minimum Gasteiger partial charge on any atom is -0.466 e. The van der Waals surface area contributed by atoms with E-state index in [1.54, 1.807) is 0 Å². The zero-order valence-corrected chi connectivity index (χ0v) is 16.0. The Morgan fingerprint density at radius 1 is 1.17 bits per heavy atom. The van der Waals surface area contributed by atoms with E-state index in [9.17, 15) is 32.3 Å². The molecule has 0 fully saturated rings. The molecule has 0 saturated heterocycles. The summed E-state index contributed by atoms with van der Waals surface area (Å²) in [6.07, 6.45) is -6.18. The lowest BCUT2D eigenvalue weighted by atomic mass is 10.2. The molecule has 0 bridgehead atoms. The minimum absolute atomic E-state index is 0.132. The second kappa shape index (κ2) is 8.11. The molecule has 0 radical (unpaired) electrons. The van der Waals surface area contributed by atoms with Crippen molar-refractivity contribution < 1.29 is 32.2 Å². The molecule has 1 aromatic carbocycles. The summed E-state index contributed by atoms with van der Waals surface area (Å²) in [5.74, 6) is -1.90. The lowest BCUT2D eigenvalue weighted by molar-refractivity contribution is -0.149. The van der Waals surface area contributed by atoms with Crippen molar-refractivity contribution >= 4 is 23.5 Å². The van der Waals surface area contributed by atoms with Crippen molar-refractivity contribution in [2.24, 2.45) is 7.05 Å². The monoisotopic (exact) mass is 434 g/mol. The van der Waals surface area contributed by atoms with Crippen LogP contribution in [0.3, 0.4) is 0 Å². The van der Waals surface area contributed by atoms with Gasteiger partial charge in [0, 0.05) is 13.1 Å². The van der Waals surface area contributed by atoms with Crippen LogP contribution in [0, 0.1) is 0 Å². The molecule has 29 heavy (non-hydrogen) atoms. The molecule has 0 unspecified atom stereocenters.